The Morgan fingerprint density at radius 1 is 1.00 bits per heavy atom. The van der Waals surface area contributed by atoms with Gasteiger partial charge in [0.25, 0.3) is 0 Å². The number of aliphatic imine (C=N–C) groups is 1. The van der Waals surface area contributed by atoms with E-state index in [4.69, 9.17) is 15.2 Å². The highest BCUT2D eigenvalue weighted by Gasteiger charge is 2.09. The van der Waals surface area contributed by atoms with Crippen LogP contribution in [0.5, 0.6) is 11.5 Å². The lowest BCUT2D eigenvalue weighted by Crippen LogP contribution is -1.95. The third-order valence-corrected chi connectivity index (χ3v) is 3.75. The number of halogens is 4. The summed E-state index contributed by atoms with van der Waals surface area (Å²) in [5.74, 6) is -0.715. The molecule has 0 amide bonds. The molecule has 0 aliphatic heterocycles. The van der Waals surface area contributed by atoms with Crippen molar-refractivity contribution in [3.8, 4) is 11.5 Å². The standard InChI is InChI=1S/C9H7BrFNOS.C7H7BrFNO/c1-13-9-7(11)4-6(10)5-8(9)12-2-3-14;1-11-7-5(9)2-4(8)3-6(7)10/h2-5H,1H3;2-3H,10H2,1H3. The summed E-state index contributed by atoms with van der Waals surface area (Å²) >= 11 is 10.8. The number of hydrogen-bond donors (Lipinski definition) is 1. The fourth-order valence-corrected chi connectivity index (χ4v) is 2.68. The Bertz CT molecular complexity index is 766. The number of rotatable bonds is 4. The molecule has 0 aliphatic carbocycles. The molecule has 0 heterocycles. The maximum absolute atomic E-state index is 13.3. The van der Waals surface area contributed by atoms with E-state index in [9.17, 15) is 8.78 Å². The Kier molecular flexibility index (Phi) is 8.95. The lowest BCUT2D eigenvalue weighted by atomic mass is 10.3. The van der Waals surface area contributed by atoms with Crippen LogP contribution in [0.1, 0.15) is 0 Å². The van der Waals surface area contributed by atoms with Crippen LogP contribution in [0.4, 0.5) is 20.2 Å². The molecule has 9 heteroatoms. The first-order valence-corrected chi connectivity index (χ1v) is 8.69. The van der Waals surface area contributed by atoms with Gasteiger partial charge in [-0.3, -0.25) is 4.99 Å². The average molecular weight is 496 g/mol. The lowest BCUT2D eigenvalue weighted by molar-refractivity contribution is 0.388. The zero-order valence-electron chi connectivity index (χ0n) is 13.2. The summed E-state index contributed by atoms with van der Waals surface area (Å²) in [7, 11) is 2.77. The van der Waals surface area contributed by atoms with E-state index in [0.29, 0.717) is 20.3 Å². The number of methoxy groups -OCH3 is 2. The summed E-state index contributed by atoms with van der Waals surface area (Å²) in [6.07, 6.45) is 1.40. The number of hydrogen-bond acceptors (Lipinski definition) is 5. The van der Waals surface area contributed by atoms with E-state index < -0.39 is 11.6 Å². The molecular weight excluding hydrogens is 482 g/mol. The second-order valence-electron chi connectivity index (χ2n) is 4.36. The van der Waals surface area contributed by atoms with Crippen LogP contribution in [0.3, 0.4) is 0 Å². The first-order valence-electron chi connectivity index (χ1n) is 6.63. The number of nitrogens with two attached hydrogens (primary N) is 1. The Hall–Kier alpha value is -1.58. The van der Waals surface area contributed by atoms with E-state index in [-0.39, 0.29) is 11.5 Å². The van der Waals surface area contributed by atoms with Crippen LogP contribution in [0.15, 0.2) is 38.2 Å². The van der Waals surface area contributed by atoms with Crippen molar-refractivity contribution in [3.05, 3.63) is 44.8 Å². The Morgan fingerprint density at radius 3 is 2.00 bits per heavy atom. The topological polar surface area (TPSA) is 56.8 Å². The molecule has 0 aromatic heterocycles. The van der Waals surface area contributed by atoms with Gasteiger partial charge in [-0.25, -0.2) is 8.78 Å². The molecule has 4 nitrogen and oxygen atoms in total. The Labute approximate surface area is 166 Å². The van der Waals surface area contributed by atoms with Crippen LogP contribution < -0.4 is 15.2 Å². The zero-order valence-corrected chi connectivity index (χ0v) is 17.2. The summed E-state index contributed by atoms with van der Waals surface area (Å²) in [6, 6.07) is 5.85. The maximum Gasteiger partial charge on any atom is 0.180 e. The number of nitrogen functional groups attached to an aromatic ring is 1. The summed E-state index contributed by atoms with van der Waals surface area (Å²) < 4.78 is 36.9. The number of thiocarbonyl (C=S) groups is 1. The summed E-state index contributed by atoms with van der Waals surface area (Å²) in [4.78, 5) is 3.94. The second kappa shape index (κ2) is 10.4. The van der Waals surface area contributed by atoms with Gasteiger partial charge in [0.15, 0.2) is 23.1 Å². The number of anilines is 1. The van der Waals surface area contributed by atoms with Crippen molar-refractivity contribution in [2.75, 3.05) is 20.0 Å². The largest absolute Gasteiger partial charge is 0.492 e. The van der Waals surface area contributed by atoms with Crippen molar-refractivity contribution in [1.82, 2.24) is 0 Å². The molecule has 0 radical (unpaired) electrons. The minimum Gasteiger partial charge on any atom is -0.492 e. The highest BCUT2D eigenvalue weighted by Crippen LogP contribution is 2.33. The molecule has 0 unspecified atom stereocenters. The van der Waals surface area contributed by atoms with Gasteiger partial charge >= 0.3 is 0 Å². The molecule has 25 heavy (non-hydrogen) atoms. The van der Waals surface area contributed by atoms with E-state index in [0.717, 1.165) is 0 Å². The van der Waals surface area contributed by atoms with Gasteiger partial charge in [-0.05, 0) is 24.3 Å². The van der Waals surface area contributed by atoms with Crippen molar-refractivity contribution < 1.29 is 18.3 Å². The smallest absolute Gasteiger partial charge is 0.180 e. The normalized spacial score (nSPS) is 10.2. The quantitative estimate of drug-likeness (QED) is 0.346. The van der Waals surface area contributed by atoms with E-state index in [1.807, 2.05) is 0 Å². The molecule has 134 valence electrons. The van der Waals surface area contributed by atoms with E-state index in [1.165, 1.54) is 37.9 Å². The summed E-state index contributed by atoms with van der Waals surface area (Å²) in [5, 5.41) is 1.35. The Balaban J connectivity index is 0.000000257. The van der Waals surface area contributed by atoms with Gasteiger partial charge in [-0.1, -0.05) is 44.1 Å². The third-order valence-electron chi connectivity index (χ3n) is 2.71. The van der Waals surface area contributed by atoms with E-state index >= 15 is 0 Å². The van der Waals surface area contributed by atoms with Crippen LogP contribution in [0.25, 0.3) is 0 Å². The molecule has 0 spiro atoms. The zero-order chi connectivity index (χ0) is 19.0. The molecule has 2 aromatic rings. The van der Waals surface area contributed by atoms with Gasteiger partial charge < -0.3 is 15.2 Å². The SMILES string of the molecule is COc1c(F)cc(Br)cc1N=CC=S.COc1c(N)cc(Br)cc1F. The van der Waals surface area contributed by atoms with Gasteiger partial charge in [0.1, 0.15) is 5.69 Å². The molecule has 0 aliphatic rings. The third kappa shape index (κ3) is 6.33. The van der Waals surface area contributed by atoms with Crippen LogP contribution >= 0.6 is 44.1 Å². The van der Waals surface area contributed by atoms with Crippen molar-refractivity contribution in [2.24, 2.45) is 4.99 Å². The van der Waals surface area contributed by atoms with Crippen molar-refractivity contribution >= 4 is 67.0 Å². The number of nitrogens with zero attached hydrogens (tertiary/aromatic N) is 1. The van der Waals surface area contributed by atoms with Crippen LogP contribution in [0.2, 0.25) is 0 Å². The molecule has 2 N–H and O–H groups in total. The van der Waals surface area contributed by atoms with Gasteiger partial charge in [-0.15, -0.1) is 0 Å². The fourth-order valence-electron chi connectivity index (χ4n) is 1.75. The maximum atomic E-state index is 13.3. The minimum absolute atomic E-state index is 0.0909. The molecule has 0 fully saturated rings. The molecule has 0 saturated carbocycles. The molecule has 2 rings (SSSR count). The Morgan fingerprint density at radius 2 is 1.52 bits per heavy atom. The minimum atomic E-state index is -0.460. The second-order valence-corrected chi connectivity index (χ2v) is 6.47. The first-order chi connectivity index (χ1) is 11.8. The molecule has 0 atom stereocenters. The van der Waals surface area contributed by atoms with Gasteiger partial charge in [-0.2, -0.15) is 0 Å². The van der Waals surface area contributed by atoms with Crippen molar-refractivity contribution in [2.45, 2.75) is 0 Å². The summed E-state index contributed by atoms with van der Waals surface area (Å²) in [5.41, 5.74) is 6.13. The predicted octanol–water partition coefficient (Wildman–Crippen LogP) is 5.48. The van der Waals surface area contributed by atoms with Crippen LogP contribution in [0, 0.1) is 11.6 Å². The van der Waals surface area contributed by atoms with Crippen LogP contribution in [-0.2, 0) is 0 Å². The highest BCUT2D eigenvalue weighted by molar-refractivity contribution is 9.10. The average Bonchev–Trinajstić information content (AvgIpc) is 2.52. The van der Waals surface area contributed by atoms with Gasteiger partial charge in [0.2, 0.25) is 0 Å². The molecule has 0 bridgehead atoms. The molecule has 0 saturated heterocycles. The fraction of sp³-hybridized carbons (Fsp3) is 0.125. The molecule has 2 aromatic carbocycles. The van der Waals surface area contributed by atoms with E-state index in [2.05, 4.69) is 49.1 Å². The van der Waals surface area contributed by atoms with Gasteiger partial charge in [0, 0.05) is 20.5 Å². The monoisotopic (exact) mass is 494 g/mol. The number of ether oxygens (including phenoxy) is 2. The summed E-state index contributed by atoms with van der Waals surface area (Å²) in [6.45, 7) is 0. The highest BCUT2D eigenvalue weighted by atomic mass is 79.9. The number of benzene rings is 2. The van der Waals surface area contributed by atoms with Gasteiger partial charge in [0.05, 0.1) is 19.9 Å². The molecular formula is C16H14Br2F2N2O2S. The van der Waals surface area contributed by atoms with E-state index in [1.54, 1.807) is 12.1 Å². The van der Waals surface area contributed by atoms with Crippen molar-refractivity contribution in [1.29, 1.82) is 0 Å². The lowest BCUT2D eigenvalue weighted by Gasteiger charge is -2.05. The first kappa shape index (κ1) is 21.5. The van der Waals surface area contributed by atoms with Crippen molar-refractivity contribution in [3.63, 3.8) is 0 Å². The predicted molar refractivity (Wildman–Crippen MR) is 108 cm³/mol. The van der Waals surface area contributed by atoms with Crippen LogP contribution in [-0.4, -0.2) is 25.8 Å².